The number of aryl methyl sites for hydroxylation is 1. The zero-order valence-electron chi connectivity index (χ0n) is 19.2. The van der Waals surface area contributed by atoms with Gasteiger partial charge in [0.1, 0.15) is 30.6 Å². The van der Waals surface area contributed by atoms with E-state index >= 15 is 0 Å². The van der Waals surface area contributed by atoms with Crippen LogP contribution in [-0.4, -0.2) is 36.9 Å². The Bertz CT molecular complexity index is 755. The lowest BCUT2D eigenvalue weighted by atomic mass is 9.67. The molecule has 0 aromatic carbocycles. The van der Waals surface area contributed by atoms with Gasteiger partial charge in [0, 0.05) is 28.5 Å². The first kappa shape index (κ1) is 25.3. The highest BCUT2D eigenvalue weighted by Gasteiger charge is 2.56. The highest BCUT2D eigenvalue weighted by molar-refractivity contribution is 7.12. The normalized spacial score (nSPS) is 42.9. The first-order valence-corrected chi connectivity index (χ1v) is 13.0. The fourth-order valence-electron chi connectivity index (χ4n) is 6.20. The molecular formula is C25H34F6OS. The van der Waals surface area contributed by atoms with Crippen molar-refractivity contribution in [3.8, 4) is 0 Å². The maximum Gasteiger partial charge on any atom is 0.364 e. The molecule has 0 amide bonds. The fraction of sp³-hybridized carbons (Fsp3) is 0.840. The van der Waals surface area contributed by atoms with E-state index in [0.717, 1.165) is 25.7 Å². The molecule has 4 unspecified atom stereocenters. The van der Waals surface area contributed by atoms with Crippen molar-refractivity contribution in [2.75, 3.05) is 0 Å². The van der Waals surface area contributed by atoms with Crippen molar-refractivity contribution < 1.29 is 31.1 Å². The molecule has 3 saturated carbocycles. The third-order valence-electron chi connectivity index (χ3n) is 8.27. The second kappa shape index (κ2) is 10.1. The van der Waals surface area contributed by atoms with Gasteiger partial charge in [-0.25, -0.2) is 17.6 Å². The summed E-state index contributed by atoms with van der Waals surface area (Å²) in [5, 5.41) is 0. The highest BCUT2D eigenvalue weighted by atomic mass is 32.1. The predicted octanol–water partition coefficient (Wildman–Crippen LogP) is 8.12. The monoisotopic (exact) mass is 496 g/mol. The van der Waals surface area contributed by atoms with Crippen molar-refractivity contribution in [2.45, 2.75) is 108 Å². The molecule has 0 radical (unpaired) electrons. The van der Waals surface area contributed by atoms with Gasteiger partial charge in [-0.15, -0.1) is 11.3 Å². The van der Waals surface area contributed by atoms with Gasteiger partial charge < -0.3 is 4.74 Å². The Labute approximate surface area is 196 Å². The van der Waals surface area contributed by atoms with Crippen molar-refractivity contribution in [3.05, 3.63) is 21.9 Å². The lowest BCUT2D eigenvalue weighted by Gasteiger charge is -2.43. The second-order valence-electron chi connectivity index (χ2n) is 10.5. The van der Waals surface area contributed by atoms with Gasteiger partial charge >= 0.3 is 6.11 Å². The molecule has 4 rings (SSSR count). The van der Waals surface area contributed by atoms with Crippen molar-refractivity contribution >= 4 is 11.3 Å². The average molecular weight is 497 g/mol. The van der Waals surface area contributed by atoms with E-state index < -0.39 is 48.7 Å². The number of thiophene rings is 1. The van der Waals surface area contributed by atoms with E-state index in [9.17, 15) is 26.3 Å². The van der Waals surface area contributed by atoms with E-state index in [1.165, 1.54) is 16.7 Å². The lowest BCUT2D eigenvalue weighted by molar-refractivity contribution is -0.323. The lowest BCUT2D eigenvalue weighted by Crippen LogP contribution is -2.51. The van der Waals surface area contributed by atoms with Gasteiger partial charge in [-0.05, 0) is 75.3 Å². The van der Waals surface area contributed by atoms with Gasteiger partial charge in [-0.1, -0.05) is 6.92 Å². The summed E-state index contributed by atoms with van der Waals surface area (Å²) in [6, 6.07) is 4.25. The summed E-state index contributed by atoms with van der Waals surface area (Å²) in [6.45, 7) is 3.45. The van der Waals surface area contributed by atoms with E-state index in [-0.39, 0.29) is 37.5 Å². The van der Waals surface area contributed by atoms with Crippen LogP contribution < -0.4 is 0 Å². The van der Waals surface area contributed by atoms with E-state index in [2.05, 4.69) is 19.1 Å². The van der Waals surface area contributed by atoms with E-state index in [4.69, 9.17) is 4.74 Å². The van der Waals surface area contributed by atoms with Crippen molar-refractivity contribution in [2.24, 2.45) is 23.7 Å². The third-order valence-corrected chi connectivity index (χ3v) is 9.43. The molecule has 4 atom stereocenters. The maximum absolute atomic E-state index is 15.0. The SMILES string of the molecule is Cc1ccc(C2CCC(C3CC(F)C(C(F)(F)OC4CC(F)C(C)C(F)C4)C(F)C3)CC2)s1. The van der Waals surface area contributed by atoms with Crippen LogP contribution in [0.4, 0.5) is 26.3 Å². The summed E-state index contributed by atoms with van der Waals surface area (Å²) >= 11 is 1.79. The van der Waals surface area contributed by atoms with Gasteiger partial charge in [0.05, 0.1) is 6.10 Å². The van der Waals surface area contributed by atoms with Crippen molar-refractivity contribution in [3.63, 3.8) is 0 Å². The molecule has 188 valence electrons. The summed E-state index contributed by atoms with van der Waals surface area (Å²) in [6.07, 6.45) is -10.2. The van der Waals surface area contributed by atoms with Crippen LogP contribution in [0.15, 0.2) is 12.1 Å². The topological polar surface area (TPSA) is 9.23 Å². The molecule has 1 nitrogen and oxygen atoms in total. The Morgan fingerprint density at radius 2 is 1.39 bits per heavy atom. The molecule has 3 fully saturated rings. The molecule has 0 aliphatic heterocycles. The Balaban J connectivity index is 1.33. The number of ether oxygens (including phenoxy) is 1. The third kappa shape index (κ3) is 5.57. The van der Waals surface area contributed by atoms with Crippen molar-refractivity contribution in [1.29, 1.82) is 0 Å². The maximum atomic E-state index is 15.0. The molecule has 1 heterocycles. The van der Waals surface area contributed by atoms with E-state index in [1.807, 2.05) is 0 Å². The molecule has 0 bridgehead atoms. The van der Waals surface area contributed by atoms with Crippen LogP contribution in [0, 0.1) is 30.6 Å². The van der Waals surface area contributed by atoms with Gasteiger partial charge in [-0.2, -0.15) is 8.78 Å². The number of rotatable bonds is 5. The molecule has 0 N–H and O–H groups in total. The molecule has 0 saturated heterocycles. The molecule has 3 aliphatic carbocycles. The van der Waals surface area contributed by atoms with Gasteiger partial charge in [0.15, 0.2) is 0 Å². The first-order valence-electron chi connectivity index (χ1n) is 12.2. The van der Waals surface area contributed by atoms with Crippen molar-refractivity contribution in [1.82, 2.24) is 0 Å². The summed E-state index contributed by atoms with van der Waals surface area (Å²) in [5.74, 6) is -2.79. The Morgan fingerprint density at radius 1 is 0.818 bits per heavy atom. The zero-order valence-corrected chi connectivity index (χ0v) is 20.0. The average Bonchev–Trinajstić information content (AvgIpc) is 3.17. The molecular weight excluding hydrogens is 462 g/mol. The minimum Gasteiger partial charge on any atom is -0.317 e. The first-order chi connectivity index (χ1) is 15.5. The van der Waals surface area contributed by atoms with Crippen LogP contribution in [0.3, 0.4) is 0 Å². The summed E-state index contributed by atoms with van der Waals surface area (Å²) in [7, 11) is 0. The number of alkyl halides is 6. The van der Waals surface area contributed by atoms with E-state index in [0.29, 0.717) is 5.92 Å². The summed E-state index contributed by atoms with van der Waals surface area (Å²) in [4.78, 5) is 2.61. The van der Waals surface area contributed by atoms with Gasteiger partial charge in [0.25, 0.3) is 0 Å². The highest BCUT2D eigenvalue weighted by Crippen LogP contribution is 2.50. The van der Waals surface area contributed by atoms with Crippen LogP contribution in [0.25, 0.3) is 0 Å². The summed E-state index contributed by atoms with van der Waals surface area (Å²) < 4.78 is 92.1. The fourth-order valence-corrected chi connectivity index (χ4v) is 7.25. The minimum atomic E-state index is -4.09. The largest absolute Gasteiger partial charge is 0.364 e. The quantitative estimate of drug-likeness (QED) is 0.374. The molecule has 0 spiro atoms. The van der Waals surface area contributed by atoms with Gasteiger partial charge in [0.2, 0.25) is 0 Å². The predicted molar refractivity (Wildman–Crippen MR) is 118 cm³/mol. The summed E-state index contributed by atoms with van der Waals surface area (Å²) in [5.41, 5.74) is 0. The van der Waals surface area contributed by atoms with Crippen LogP contribution in [-0.2, 0) is 4.74 Å². The van der Waals surface area contributed by atoms with Gasteiger partial charge in [-0.3, -0.25) is 0 Å². The Hall–Kier alpha value is -0.760. The standard InChI is InChI=1S/C25H34F6OS/c1-13-3-8-23(33-13)16-6-4-15(5-7-16)17-9-21(28)24(22(29)10-17)25(30,31)32-18-11-19(26)14(2)20(27)12-18/h3,8,14-22,24H,4-7,9-12H2,1-2H3. The number of hydrogen-bond donors (Lipinski definition) is 0. The molecule has 33 heavy (non-hydrogen) atoms. The van der Waals surface area contributed by atoms with Crippen LogP contribution in [0.1, 0.15) is 74.0 Å². The van der Waals surface area contributed by atoms with E-state index in [1.54, 1.807) is 11.3 Å². The number of hydrogen-bond acceptors (Lipinski definition) is 2. The molecule has 3 aliphatic rings. The van der Waals surface area contributed by atoms with Crippen LogP contribution in [0.5, 0.6) is 0 Å². The number of halogens is 6. The minimum absolute atomic E-state index is 0.114. The second-order valence-corrected chi connectivity index (χ2v) is 11.8. The molecule has 1 aromatic heterocycles. The molecule has 8 heteroatoms. The molecule has 1 aromatic rings. The van der Waals surface area contributed by atoms with Crippen LogP contribution >= 0.6 is 11.3 Å². The Kier molecular flexibility index (Phi) is 7.74. The zero-order chi connectivity index (χ0) is 23.9. The smallest absolute Gasteiger partial charge is 0.317 e. The van der Waals surface area contributed by atoms with Crippen LogP contribution in [0.2, 0.25) is 0 Å². The Morgan fingerprint density at radius 3 is 1.91 bits per heavy atom.